The number of carbonyl (C=O) groups is 1. The van der Waals surface area contributed by atoms with Crippen LogP contribution in [0.3, 0.4) is 0 Å². The van der Waals surface area contributed by atoms with E-state index in [9.17, 15) is 9.18 Å². The molecule has 1 fully saturated rings. The molecule has 2 aromatic rings. The van der Waals surface area contributed by atoms with Crippen LogP contribution in [0, 0.1) is 5.82 Å². The third-order valence-electron chi connectivity index (χ3n) is 5.18. The lowest BCUT2D eigenvalue weighted by Gasteiger charge is -2.38. The van der Waals surface area contributed by atoms with Crippen LogP contribution in [0.25, 0.3) is 0 Å². The van der Waals surface area contributed by atoms with Crippen LogP contribution >= 0.6 is 0 Å². The van der Waals surface area contributed by atoms with Crippen molar-refractivity contribution in [1.82, 2.24) is 9.88 Å². The average molecular weight is 416 g/mol. The Morgan fingerprint density at radius 1 is 1.20 bits per heavy atom. The molecule has 8 heteroatoms. The zero-order valence-electron chi connectivity index (χ0n) is 18.1. The van der Waals surface area contributed by atoms with Gasteiger partial charge >= 0.3 is 0 Å². The fraction of sp³-hybridized carbons (Fsp3) is 0.455. The maximum Gasteiger partial charge on any atom is 0.259 e. The van der Waals surface area contributed by atoms with Crippen LogP contribution in [0.15, 0.2) is 30.5 Å². The van der Waals surface area contributed by atoms with Gasteiger partial charge in [0.1, 0.15) is 22.9 Å². The minimum atomic E-state index is -0.318. The molecule has 1 saturated heterocycles. The summed E-state index contributed by atoms with van der Waals surface area (Å²) < 4.78 is 18.9. The number of nitrogens with one attached hydrogen (secondary N) is 1. The number of nitrogens with zero attached hydrogens (tertiary/aromatic N) is 4. The van der Waals surface area contributed by atoms with Crippen molar-refractivity contribution in [1.29, 1.82) is 0 Å². The number of amides is 1. The number of rotatable bonds is 7. The lowest BCUT2D eigenvalue weighted by Crippen LogP contribution is -2.47. The fourth-order valence-electron chi connectivity index (χ4n) is 3.60. The van der Waals surface area contributed by atoms with Crippen molar-refractivity contribution in [3.63, 3.8) is 0 Å². The monoisotopic (exact) mass is 415 g/mol. The Morgan fingerprint density at radius 2 is 1.90 bits per heavy atom. The third kappa shape index (κ3) is 4.58. The van der Waals surface area contributed by atoms with E-state index < -0.39 is 0 Å². The second-order valence-corrected chi connectivity index (χ2v) is 7.47. The molecule has 30 heavy (non-hydrogen) atoms. The summed E-state index contributed by atoms with van der Waals surface area (Å²) in [5.41, 5.74) is 2.28. The fourth-order valence-corrected chi connectivity index (χ4v) is 3.60. The molecule has 1 aliphatic heterocycles. The van der Waals surface area contributed by atoms with Gasteiger partial charge in [0.2, 0.25) is 0 Å². The predicted molar refractivity (Wildman–Crippen MR) is 118 cm³/mol. The Labute approximate surface area is 177 Å². The number of aromatic nitrogens is 1. The van der Waals surface area contributed by atoms with E-state index in [2.05, 4.69) is 27.0 Å². The number of ether oxygens (including phenoxy) is 1. The van der Waals surface area contributed by atoms with Crippen LogP contribution in [-0.2, 0) is 0 Å². The third-order valence-corrected chi connectivity index (χ3v) is 5.18. The van der Waals surface area contributed by atoms with Gasteiger partial charge in [-0.2, -0.15) is 0 Å². The number of carbonyl (C=O) groups excluding carboxylic acids is 1. The van der Waals surface area contributed by atoms with Crippen LogP contribution in [0.2, 0.25) is 0 Å². The van der Waals surface area contributed by atoms with Gasteiger partial charge in [-0.05, 0) is 24.6 Å². The first-order chi connectivity index (χ1) is 14.5. The normalized spacial score (nSPS) is 13.9. The minimum absolute atomic E-state index is 0.0701. The second-order valence-electron chi connectivity index (χ2n) is 7.47. The van der Waals surface area contributed by atoms with Crippen molar-refractivity contribution in [3.05, 3.63) is 41.8 Å². The van der Waals surface area contributed by atoms with Gasteiger partial charge in [-0.25, -0.2) is 9.37 Å². The van der Waals surface area contributed by atoms with E-state index in [1.165, 1.54) is 12.1 Å². The first-order valence-corrected chi connectivity index (χ1v) is 10.2. The number of pyridine rings is 1. The zero-order chi connectivity index (χ0) is 21.7. The Bertz CT molecular complexity index is 882. The summed E-state index contributed by atoms with van der Waals surface area (Å²) in [4.78, 5) is 23.4. The van der Waals surface area contributed by atoms with E-state index in [1.807, 2.05) is 6.07 Å². The molecule has 0 atom stereocenters. The van der Waals surface area contributed by atoms with Crippen LogP contribution in [0.4, 0.5) is 21.6 Å². The van der Waals surface area contributed by atoms with Crippen molar-refractivity contribution in [2.75, 3.05) is 69.0 Å². The molecule has 3 rings (SSSR count). The topological polar surface area (TPSA) is 60.9 Å². The van der Waals surface area contributed by atoms with E-state index in [4.69, 9.17) is 4.74 Å². The van der Waals surface area contributed by atoms with E-state index in [-0.39, 0.29) is 11.7 Å². The molecule has 0 radical (unpaired) electrons. The van der Waals surface area contributed by atoms with Crippen molar-refractivity contribution in [3.8, 4) is 5.75 Å². The van der Waals surface area contributed by atoms with Crippen LogP contribution < -0.4 is 19.9 Å². The number of piperazine rings is 1. The van der Waals surface area contributed by atoms with Gasteiger partial charge in [-0.1, -0.05) is 6.92 Å². The molecule has 2 heterocycles. The first kappa shape index (κ1) is 21.7. The summed E-state index contributed by atoms with van der Waals surface area (Å²) in [5, 5.41) is 3.36. The minimum Gasteiger partial charge on any atom is -0.494 e. The largest absolute Gasteiger partial charge is 0.494 e. The highest BCUT2D eigenvalue weighted by atomic mass is 19.1. The Kier molecular flexibility index (Phi) is 6.97. The van der Waals surface area contributed by atoms with Crippen molar-refractivity contribution in [2.24, 2.45) is 0 Å². The van der Waals surface area contributed by atoms with Crippen molar-refractivity contribution >= 4 is 23.1 Å². The molecule has 1 N–H and O–H groups in total. The zero-order valence-corrected chi connectivity index (χ0v) is 18.1. The van der Waals surface area contributed by atoms with E-state index in [0.29, 0.717) is 43.3 Å². The SMILES string of the molecule is CCCNc1ccnc(N2CCN(c3ccc(F)cc3OC)CC2)c1C(=O)N(C)C. The van der Waals surface area contributed by atoms with Gasteiger partial charge in [0.25, 0.3) is 5.91 Å². The second kappa shape index (κ2) is 9.65. The summed E-state index contributed by atoms with van der Waals surface area (Å²) in [6.07, 6.45) is 2.71. The lowest BCUT2D eigenvalue weighted by atomic mass is 10.1. The van der Waals surface area contributed by atoms with Gasteiger partial charge in [0, 0.05) is 59.1 Å². The van der Waals surface area contributed by atoms with Gasteiger partial charge < -0.3 is 24.8 Å². The highest BCUT2D eigenvalue weighted by Gasteiger charge is 2.27. The molecule has 0 bridgehead atoms. The summed E-state index contributed by atoms with van der Waals surface area (Å²) in [6, 6.07) is 6.45. The first-order valence-electron chi connectivity index (χ1n) is 10.2. The molecule has 1 aliphatic rings. The predicted octanol–water partition coefficient (Wildman–Crippen LogP) is 3.08. The van der Waals surface area contributed by atoms with Gasteiger partial charge in [0.05, 0.1) is 18.5 Å². The molecule has 1 amide bonds. The molecule has 1 aromatic carbocycles. The van der Waals surface area contributed by atoms with Crippen molar-refractivity contribution < 1.29 is 13.9 Å². The molecule has 0 aliphatic carbocycles. The van der Waals surface area contributed by atoms with E-state index >= 15 is 0 Å². The highest BCUT2D eigenvalue weighted by molar-refractivity contribution is 6.04. The Balaban J connectivity index is 1.84. The Hall–Kier alpha value is -3.03. The molecular weight excluding hydrogens is 385 g/mol. The maximum absolute atomic E-state index is 13.5. The number of anilines is 3. The molecular formula is C22H30FN5O2. The summed E-state index contributed by atoms with van der Waals surface area (Å²) in [7, 11) is 5.05. The van der Waals surface area contributed by atoms with Crippen LogP contribution in [-0.4, -0.2) is 69.7 Å². The lowest BCUT2D eigenvalue weighted by molar-refractivity contribution is 0.0828. The van der Waals surface area contributed by atoms with Crippen LogP contribution in [0.5, 0.6) is 5.75 Å². The van der Waals surface area contributed by atoms with Gasteiger partial charge in [-0.15, -0.1) is 0 Å². The number of benzene rings is 1. The molecule has 0 saturated carbocycles. The molecule has 1 aromatic heterocycles. The van der Waals surface area contributed by atoms with E-state index in [0.717, 1.165) is 24.3 Å². The molecule has 162 valence electrons. The summed E-state index contributed by atoms with van der Waals surface area (Å²) in [6.45, 7) is 5.69. The van der Waals surface area contributed by atoms with Gasteiger partial charge in [0.15, 0.2) is 0 Å². The van der Waals surface area contributed by atoms with Crippen LogP contribution in [0.1, 0.15) is 23.7 Å². The quantitative estimate of drug-likeness (QED) is 0.750. The molecule has 0 unspecified atom stereocenters. The average Bonchev–Trinajstić information content (AvgIpc) is 2.76. The van der Waals surface area contributed by atoms with Gasteiger partial charge in [-0.3, -0.25) is 4.79 Å². The molecule has 7 nitrogen and oxygen atoms in total. The number of methoxy groups -OCH3 is 1. The number of hydrogen-bond acceptors (Lipinski definition) is 6. The number of hydrogen-bond donors (Lipinski definition) is 1. The maximum atomic E-state index is 13.5. The Morgan fingerprint density at radius 3 is 2.53 bits per heavy atom. The van der Waals surface area contributed by atoms with Crippen molar-refractivity contribution in [2.45, 2.75) is 13.3 Å². The standard InChI is InChI=1S/C22H30FN5O2/c1-5-9-24-17-8-10-25-21(20(17)22(29)26(2)3)28-13-11-27(12-14-28)18-7-6-16(23)15-19(18)30-4/h6-8,10,15H,5,9,11-14H2,1-4H3,(H,24,25). The summed E-state index contributed by atoms with van der Waals surface area (Å²) >= 11 is 0. The summed E-state index contributed by atoms with van der Waals surface area (Å²) in [5.74, 6) is 0.831. The number of halogens is 1. The highest BCUT2D eigenvalue weighted by Crippen LogP contribution is 2.32. The van der Waals surface area contributed by atoms with E-state index in [1.54, 1.807) is 38.4 Å². The molecule has 0 spiro atoms. The smallest absolute Gasteiger partial charge is 0.259 e.